The number of hydrogen-bond acceptors (Lipinski definition) is 4. The zero-order chi connectivity index (χ0) is 13.0. The molecule has 0 aromatic heterocycles. The van der Waals surface area contributed by atoms with E-state index in [0.29, 0.717) is 26.3 Å². The first kappa shape index (κ1) is 13.3. The standard InChI is InChI=1S/C12H20N2O4/c15-11(10-7-18-5-4-13-10)14-6-8-2-1-3-9(8)12(16)17/h8-10,13H,1-7H2,(H,14,15)(H,16,17). The van der Waals surface area contributed by atoms with Crippen LogP contribution >= 0.6 is 0 Å². The number of hydrogen-bond donors (Lipinski definition) is 3. The number of nitrogens with one attached hydrogen (secondary N) is 2. The first-order valence-electron chi connectivity index (χ1n) is 6.50. The van der Waals surface area contributed by atoms with Gasteiger partial charge in [-0.05, 0) is 18.8 Å². The molecule has 1 heterocycles. The Bertz CT molecular complexity index is 315. The Hall–Kier alpha value is -1.14. The highest BCUT2D eigenvalue weighted by atomic mass is 16.5. The maximum atomic E-state index is 11.8. The van der Waals surface area contributed by atoms with Crippen molar-refractivity contribution in [1.82, 2.24) is 10.6 Å². The highest BCUT2D eigenvalue weighted by Gasteiger charge is 2.33. The highest BCUT2D eigenvalue weighted by molar-refractivity contribution is 5.82. The van der Waals surface area contributed by atoms with Gasteiger partial charge in [0.05, 0.1) is 19.1 Å². The average molecular weight is 256 g/mol. The van der Waals surface area contributed by atoms with E-state index in [2.05, 4.69) is 10.6 Å². The number of ether oxygens (including phenoxy) is 1. The summed E-state index contributed by atoms with van der Waals surface area (Å²) in [4.78, 5) is 22.8. The maximum absolute atomic E-state index is 11.8. The van der Waals surface area contributed by atoms with Crippen molar-refractivity contribution in [2.45, 2.75) is 25.3 Å². The molecule has 18 heavy (non-hydrogen) atoms. The lowest BCUT2D eigenvalue weighted by molar-refractivity contribution is -0.143. The normalized spacial score (nSPS) is 32.1. The van der Waals surface area contributed by atoms with E-state index in [0.717, 1.165) is 19.3 Å². The Labute approximate surface area is 106 Å². The molecule has 2 fully saturated rings. The summed E-state index contributed by atoms with van der Waals surface area (Å²) in [7, 11) is 0. The van der Waals surface area contributed by atoms with Gasteiger partial charge in [-0.1, -0.05) is 6.42 Å². The van der Waals surface area contributed by atoms with Crippen molar-refractivity contribution >= 4 is 11.9 Å². The fourth-order valence-corrected chi connectivity index (χ4v) is 2.69. The van der Waals surface area contributed by atoms with Crippen LogP contribution in [0.3, 0.4) is 0 Å². The third-order valence-electron chi connectivity index (χ3n) is 3.75. The minimum Gasteiger partial charge on any atom is -0.481 e. The van der Waals surface area contributed by atoms with Gasteiger partial charge >= 0.3 is 5.97 Å². The number of carboxylic acid groups (broad SMARTS) is 1. The molecule has 102 valence electrons. The second kappa shape index (κ2) is 6.15. The van der Waals surface area contributed by atoms with Crippen molar-refractivity contribution in [2.75, 3.05) is 26.3 Å². The Balaban J connectivity index is 1.76. The first-order chi connectivity index (χ1) is 8.68. The van der Waals surface area contributed by atoms with Gasteiger partial charge in [0.15, 0.2) is 0 Å². The molecule has 3 N–H and O–H groups in total. The van der Waals surface area contributed by atoms with Crippen LogP contribution in [0.25, 0.3) is 0 Å². The molecular formula is C12H20N2O4. The fraction of sp³-hybridized carbons (Fsp3) is 0.833. The molecule has 0 bridgehead atoms. The lowest BCUT2D eigenvalue weighted by Crippen LogP contribution is -2.52. The molecule has 0 aromatic carbocycles. The monoisotopic (exact) mass is 256 g/mol. The maximum Gasteiger partial charge on any atom is 0.306 e. The molecule has 1 saturated heterocycles. The summed E-state index contributed by atoms with van der Waals surface area (Å²) in [5.41, 5.74) is 0. The topological polar surface area (TPSA) is 87.7 Å². The Morgan fingerprint density at radius 3 is 2.89 bits per heavy atom. The van der Waals surface area contributed by atoms with Crippen LogP contribution in [0.2, 0.25) is 0 Å². The number of rotatable bonds is 4. The second-order valence-corrected chi connectivity index (χ2v) is 4.96. The van der Waals surface area contributed by atoms with Gasteiger partial charge < -0.3 is 20.5 Å². The quantitative estimate of drug-likeness (QED) is 0.636. The van der Waals surface area contributed by atoms with Gasteiger partial charge in [0.1, 0.15) is 6.04 Å². The first-order valence-corrected chi connectivity index (χ1v) is 6.50. The zero-order valence-corrected chi connectivity index (χ0v) is 10.4. The lowest BCUT2D eigenvalue weighted by Gasteiger charge is -2.24. The number of carbonyl (C=O) groups is 2. The smallest absolute Gasteiger partial charge is 0.306 e. The SMILES string of the molecule is O=C(NCC1CCCC1C(=O)O)C1COCCN1. The van der Waals surface area contributed by atoms with E-state index in [-0.39, 0.29) is 23.8 Å². The van der Waals surface area contributed by atoms with Crippen LogP contribution in [0, 0.1) is 11.8 Å². The van der Waals surface area contributed by atoms with Crippen molar-refractivity contribution in [1.29, 1.82) is 0 Å². The van der Waals surface area contributed by atoms with Crippen LogP contribution in [-0.2, 0) is 14.3 Å². The molecule has 2 rings (SSSR count). The summed E-state index contributed by atoms with van der Waals surface area (Å²) >= 11 is 0. The van der Waals surface area contributed by atoms with Gasteiger partial charge in [-0.3, -0.25) is 9.59 Å². The third kappa shape index (κ3) is 3.20. The van der Waals surface area contributed by atoms with Crippen LogP contribution in [0.5, 0.6) is 0 Å². The van der Waals surface area contributed by atoms with Crippen LogP contribution in [0.1, 0.15) is 19.3 Å². The van der Waals surface area contributed by atoms with E-state index in [1.54, 1.807) is 0 Å². The molecule has 1 saturated carbocycles. The van der Waals surface area contributed by atoms with Crippen LogP contribution in [-0.4, -0.2) is 49.3 Å². The van der Waals surface area contributed by atoms with Gasteiger partial charge in [-0.2, -0.15) is 0 Å². The summed E-state index contributed by atoms with van der Waals surface area (Å²) < 4.78 is 5.22. The van der Waals surface area contributed by atoms with E-state index in [1.807, 2.05) is 0 Å². The molecule has 0 radical (unpaired) electrons. The molecule has 6 heteroatoms. The van der Waals surface area contributed by atoms with Crippen molar-refractivity contribution in [3.63, 3.8) is 0 Å². The zero-order valence-electron chi connectivity index (χ0n) is 10.4. The molecule has 6 nitrogen and oxygen atoms in total. The van der Waals surface area contributed by atoms with E-state index >= 15 is 0 Å². The Kier molecular flexibility index (Phi) is 4.54. The predicted octanol–water partition coefficient (Wildman–Crippen LogP) is -0.408. The number of aliphatic carboxylic acids is 1. The molecule has 1 aliphatic heterocycles. The third-order valence-corrected chi connectivity index (χ3v) is 3.75. The van der Waals surface area contributed by atoms with Crippen molar-refractivity contribution in [3.8, 4) is 0 Å². The Morgan fingerprint density at radius 2 is 2.22 bits per heavy atom. The van der Waals surface area contributed by atoms with Gasteiger partial charge in [-0.25, -0.2) is 0 Å². The predicted molar refractivity (Wildman–Crippen MR) is 64.1 cm³/mol. The van der Waals surface area contributed by atoms with Crippen molar-refractivity contribution in [2.24, 2.45) is 11.8 Å². The van der Waals surface area contributed by atoms with E-state index in [9.17, 15) is 9.59 Å². The molecule has 0 spiro atoms. The van der Waals surface area contributed by atoms with Crippen LogP contribution in [0.15, 0.2) is 0 Å². The summed E-state index contributed by atoms with van der Waals surface area (Å²) in [6.07, 6.45) is 2.54. The van der Waals surface area contributed by atoms with E-state index < -0.39 is 5.97 Å². The Morgan fingerprint density at radius 1 is 1.39 bits per heavy atom. The minimum absolute atomic E-state index is 0.0657. The molecule has 1 aliphatic carbocycles. The molecular weight excluding hydrogens is 236 g/mol. The summed E-state index contributed by atoms with van der Waals surface area (Å²) in [6.45, 7) is 2.15. The number of carbonyl (C=O) groups excluding carboxylic acids is 1. The van der Waals surface area contributed by atoms with Gasteiger partial charge in [0.25, 0.3) is 0 Å². The van der Waals surface area contributed by atoms with Crippen LogP contribution in [0.4, 0.5) is 0 Å². The minimum atomic E-state index is -0.745. The molecule has 3 atom stereocenters. The van der Waals surface area contributed by atoms with Crippen molar-refractivity contribution < 1.29 is 19.4 Å². The second-order valence-electron chi connectivity index (χ2n) is 4.96. The molecule has 3 unspecified atom stereocenters. The van der Waals surface area contributed by atoms with E-state index in [4.69, 9.17) is 9.84 Å². The number of carboxylic acids is 1. The van der Waals surface area contributed by atoms with E-state index in [1.165, 1.54) is 0 Å². The van der Waals surface area contributed by atoms with Gasteiger partial charge in [-0.15, -0.1) is 0 Å². The van der Waals surface area contributed by atoms with Crippen molar-refractivity contribution in [3.05, 3.63) is 0 Å². The van der Waals surface area contributed by atoms with Gasteiger partial charge in [0.2, 0.25) is 5.91 Å². The van der Waals surface area contributed by atoms with Crippen LogP contribution < -0.4 is 10.6 Å². The van der Waals surface area contributed by atoms with Gasteiger partial charge in [0, 0.05) is 13.1 Å². The number of morpholine rings is 1. The molecule has 2 aliphatic rings. The number of amides is 1. The molecule has 1 amide bonds. The lowest BCUT2D eigenvalue weighted by atomic mass is 9.96. The fourth-order valence-electron chi connectivity index (χ4n) is 2.69. The summed E-state index contributed by atoms with van der Waals surface area (Å²) in [6, 6.07) is -0.302. The highest BCUT2D eigenvalue weighted by Crippen LogP contribution is 2.31. The average Bonchev–Trinajstić information content (AvgIpc) is 2.85. The summed E-state index contributed by atoms with van der Waals surface area (Å²) in [5, 5.41) is 15.0. The molecule has 0 aromatic rings. The summed E-state index contributed by atoms with van der Waals surface area (Å²) in [5.74, 6) is -1.08. The largest absolute Gasteiger partial charge is 0.481 e.